The number of fused-ring (bicyclic) bond motifs is 1. The van der Waals surface area contributed by atoms with Crippen molar-refractivity contribution in [1.82, 2.24) is 4.57 Å². The summed E-state index contributed by atoms with van der Waals surface area (Å²) in [6.07, 6.45) is 6.24. The number of hydrogen-bond acceptors (Lipinski definition) is 6. The number of amides is 1. The number of halogens is 1. The lowest BCUT2D eigenvalue weighted by Gasteiger charge is -2.10. The lowest BCUT2D eigenvalue weighted by molar-refractivity contribution is -0.142. The molecule has 0 fully saturated rings. The molecule has 1 aliphatic carbocycles. The summed E-state index contributed by atoms with van der Waals surface area (Å²) in [7, 11) is 0. The van der Waals surface area contributed by atoms with Crippen LogP contribution in [0.2, 0.25) is 0 Å². The van der Waals surface area contributed by atoms with Gasteiger partial charge in [0.05, 0.1) is 11.3 Å². The Kier molecular flexibility index (Phi) is 7.86. The van der Waals surface area contributed by atoms with Crippen molar-refractivity contribution in [3.63, 3.8) is 0 Å². The fraction of sp³-hybridized carbons (Fsp3) is 0.286. The van der Waals surface area contributed by atoms with E-state index in [0.717, 1.165) is 48.2 Å². The van der Waals surface area contributed by atoms with Crippen molar-refractivity contribution in [2.45, 2.75) is 46.0 Å². The van der Waals surface area contributed by atoms with Crippen molar-refractivity contribution >= 4 is 34.3 Å². The summed E-state index contributed by atoms with van der Waals surface area (Å²) in [4.78, 5) is 26.2. The molecule has 3 aromatic rings. The molecule has 7 nitrogen and oxygen atoms in total. The lowest BCUT2D eigenvalue weighted by Crippen LogP contribution is -2.21. The van der Waals surface area contributed by atoms with E-state index < -0.39 is 24.3 Å². The van der Waals surface area contributed by atoms with Crippen LogP contribution in [0, 0.1) is 42.3 Å². The van der Waals surface area contributed by atoms with Crippen molar-refractivity contribution in [1.29, 1.82) is 10.5 Å². The van der Waals surface area contributed by atoms with Crippen LogP contribution >= 0.6 is 11.3 Å². The number of ether oxygens (including phenoxy) is 1. The zero-order chi connectivity index (χ0) is 26.5. The zero-order valence-corrected chi connectivity index (χ0v) is 21.4. The van der Waals surface area contributed by atoms with E-state index in [-0.39, 0.29) is 5.57 Å². The third-order valence-electron chi connectivity index (χ3n) is 6.32. The van der Waals surface area contributed by atoms with E-state index in [2.05, 4.69) is 11.4 Å². The molecule has 1 aliphatic rings. The number of carbonyl (C=O) groups is 2. The maximum Gasteiger partial charge on any atom is 0.349 e. The van der Waals surface area contributed by atoms with Crippen LogP contribution in [0.3, 0.4) is 0 Å². The molecule has 0 atom stereocenters. The summed E-state index contributed by atoms with van der Waals surface area (Å²) in [5.74, 6) is -1.93. The van der Waals surface area contributed by atoms with Crippen LogP contribution in [0.5, 0.6) is 0 Å². The molecule has 37 heavy (non-hydrogen) atoms. The molecule has 1 amide bonds. The van der Waals surface area contributed by atoms with Crippen LogP contribution in [-0.4, -0.2) is 23.1 Å². The van der Waals surface area contributed by atoms with E-state index in [1.165, 1.54) is 23.5 Å². The minimum atomic E-state index is -0.948. The number of esters is 1. The Balaban J connectivity index is 1.46. The quantitative estimate of drug-likeness (QED) is 0.201. The van der Waals surface area contributed by atoms with E-state index in [1.807, 2.05) is 6.07 Å². The Bertz CT molecular complexity index is 1490. The molecule has 1 N–H and O–H groups in total. The van der Waals surface area contributed by atoms with E-state index in [1.54, 1.807) is 42.7 Å². The third kappa shape index (κ3) is 5.47. The highest BCUT2D eigenvalue weighted by atomic mass is 32.1. The number of nitriles is 2. The van der Waals surface area contributed by atoms with Crippen molar-refractivity contribution < 1.29 is 18.7 Å². The molecule has 4 rings (SSSR count). The van der Waals surface area contributed by atoms with Gasteiger partial charge in [0.25, 0.3) is 5.91 Å². The molecule has 0 unspecified atom stereocenters. The van der Waals surface area contributed by atoms with Gasteiger partial charge in [-0.3, -0.25) is 4.79 Å². The number of nitrogens with zero attached hydrogens (tertiary/aromatic N) is 3. The monoisotopic (exact) mass is 516 g/mol. The zero-order valence-electron chi connectivity index (χ0n) is 20.6. The minimum Gasteiger partial charge on any atom is -0.451 e. The SMILES string of the molecule is Cc1cc(C=C(C#N)C(=O)OCC(=O)Nc2sc3c(c2C#N)CCCCC3)c(C)n1-c1ccccc1F. The predicted octanol–water partition coefficient (Wildman–Crippen LogP) is 5.52. The molecule has 2 heterocycles. The van der Waals surface area contributed by atoms with Gasteiger partial charge in [-0.25, -0.2) is 9.18 Å². The predicted molar refractivity (Wildman–Crippen MR) is 139 cm³/mol. The van der Waals surface area contributed by atoms with Crippen LogP contribution in [-0.2, 0) is 27.2 Å². The minimum absolute atomic E-state index is 0.290. The second kappa shape index (κ2) is 11.2. The van der Waals surface area contributed by atoms with Crippen molar-refractivity contribution in [2.75, 3.05) is 11.9 Å². The number of anilines is 1. The molecule has 0 saturated heterocycles. The molecule has 0 spiro atoms. The summed E-state index contributed by atoms with van der Waals surface area (Å²) in [6, 6.07) is 12.1. The topological polar surface area (TPSA) is 108 Å². The highest BCUT2D eigenvalue weighted by Crippen LogP contribution is 2.37. The van der Waals surface area contributed by atoms with Gasteiger partial charge in [-0.2, -0.15) is 10.5 Å². The summed E-state index contributed by atoms with van der Waals surface area (Å²) in [6.45, 7) is 2.96. The van der Waals surface area contributed by atoms with E-state index in [0.29, 0.717) is 27.5 Å². The summed E-state index contributed by atoms with van der Waals surface area (Å²) >= 11 is 1.39. The molecule has 0 saturated carbocycles. The molecule has 0 bridgehead atoms. The van der Waals surface area contributed by atoms with Gasteiger partial charge in [0.1, 0.15) is 28.5 Å². The Morgan fingerprint density at radius 3 is 2.68 bits per heavy atom. The molecule has 0 aliphatic heterocycles. The fourth-order valence-corrected chi connectivity index (χ4v) is 5.81. The first-order valence-electron chi connectivity index (χ1n) is 11.9. The number of carbonyl (C=O) groups excluding carboxylic acids is 2. The first kappa shape index (κ1) is 25.9. The highest BCUT2D eigenvalue weighted by molar-refractivity contribution is 7.16. The van der Waals surface area contributed by atoms with Crippen LogP contribution in [0.4, 0.5) is 9.39 Å². The number of nitrogens with one attached hydrogen (secondary N) is 1. The summed E-state index contributed by atoms with van der Waals surface area (Å²) < 4.78 is 21.1. The number of benzene rings is 1. The van der Waals surface area contributed by atoms with Gasteiger partial charge in [0.2, 0.25) is 0 Å². The number of rotatable bonds is 6. The van der Waals surface area contributed by atoms with Gasteiger partial charge >= 0.3 is 5.97 Å². The average molecular weight is 517 g/mol. The second-order valence-electron chi connectivity index (χ2n) is 8.79. The van der Waals surface area contributed by atoms with Crippen molar-refractivity contribution in [2.24, 2.45) is 0 Å². The Hall–Kier alpha value is -4.21. The van der Waals surface area contributed by atoms with Crippen molar-refractivity contribution in [3.8, 4) is 17.8 Å². The number of thiophene rings is 1. The normalized spacial score (nSPS) is 13.2. The number of aryl methyl sites for hydroxylation is 2. The van der Waals surface area contributed by atoms with E-state index in [9.17, 15) is 24.5 Å². The van der Waals surface area contributed by atoms with Crippen LogP contribution in [0.1, 0.15) is 52.2 Å². The molecule has 9 heteroatoms. The summed E-state index contributed by atoms with van der Waals surface area (Å²) in [5.41, 5.74) is 3.46. The van der Waals surface area contributed by atoms with Gasteiger partial charge in [-0.1, -0.05) is 18.6 Å². The smallest absolute Gasteiger partial charge is 0.349 e. The molecular formula is C28H25FN4O3S. The van der Waals surface area contributed by atoms with Gasteiger partial charge < -0.3 is 14.6 Å². The van der Waals surface area contributed by atoms with Crippen LogP contribution < -0.4 is 5.32 Å². The second-order valence-corrected chi connectivity index (χ2v) is 9.89. The average Bonchev–Trinajstić information content (AvgIpc) is 3.23. The molecule has 188 valence electrons. The van der Waals surface area contributed by atoms with Gasteiger partial charge in [-0.15, -0.1) is 11.3 Å². The van der Waals surface area contributed by atoms with Crippen LogP contribution in [0.25, 0.3) is 11.8 Å². The maximum atomic E-state index is 14.3. The van der Waals surface area contributed by atoms with Gasteiger partial charge in [-0.05, 0) is 74.9 Å². The summed E-state index contributed by atoms with van der Waals surface area (Å²) in [5, 5.41) is 22.3. The Labute approximate surface area is 218 Å². The molecule has 0 radical (unpaired) electrons. The first-order valence-corrected chi connectivity index (χ1v) is 12.7. The standard InChI is InChI=1S/C28H25FN4O3S/c1-17-12-19(18(2)33(17)24-10-7-6-9-23(24)29)13-20(14-30)28(35)36-16-26(34)32-27-22(15-31)21-8-4-3-5-11-25(21)37-27/h6-7,9-10,12-13H,3-5,8,11,16H2,1-2H3,(H,32,34). The molecule has 1 aromatic carbocycles. The highest BCUT2D eigenvalue weighted by Gasteiger charge is 2.22. The number of hydrogen-bond donors (Lipinski definition) is 1. The van der Waals surface area contributed by atoms with Crippen molar-refractivity contribution in [3.05, 3.63) is 74.7 Å². The molecule has 2 aromatic heterocycles. The number of para-hydroxylation sites is 1. The Morgan fingerprint density at radius 1 is 1.19 bits per heavy atom. The van der Waals surface area contributed by atoms with Gasteiger partial charge in [0, 0.05) is 16.3 Å². The molecular weight excluding hydrogens is 491 g/mol. The van der Waals surface area contributed by atoms with E-state index >= 15 is 0 Å². The number of aromatic nitrogens is 1. The van der Waals surface area contributed by atoms with Gasteiger partial charge in [0.15, 0.2) is 6.61 Å². The fourth-order valence-electron chi connectivity index (χ4n) is 4.55. The first-order chi connectivity index (χ1) is 17.8. The maximum absolute atomic E-state index is 14.3. The van der Waals surface area contributed by atoms with E-state index in [4.69, 9.17) is 4.74 Å². The van der Waals surface area contributed by atoms with Crippen LogP contribution in [0.15, 0.2) is 35.9 Å². The third-order valence-corrected chi connectivity index (χ3v) is 7.53. The Morgan fingerprint density at radius 2 is 1.95 bits per heavy atom. The lowest BCUT2D eigenvalue weighted by atomic mass is 10.1. The largest absolute Gasteiger partial charge is 0.451 e.